The molecule has 0 aliphatic carbocycles. The van der Waals surface area contributed by atoms with Crippen molar-refractivity contribution in [1.29, 1.82) is 0 Å². The molecule has 0 rings (SSSR count). The van der Waals surface area contributed by atoms with Crippen LogP contribution in [0.2, 0.25) is 0 Å². The van der Waals surface area contributed by atoms with E-state index < -0.39 is 97.5 Å². The zero-order valence-electron chi connectivity index (χ0n) is 61.6. The van der Waals surface area contributed by atoms with Crippen molar-refractivity contribution < 1.29 is 80.2 Å². The maximum absolute atomic E-state index is 13.0. The molecule has 4 unspecified atom stereocenters. The largest absolute Gasteiger partial charge is 0.472 e. The fourth-order valence-corrected chi connectivity index (χ4v) is 12.9. The minimum absolute atomic E-state index is 0.105. The third-order valence-electron chi connectivity index (χ3n) is 18.0. The van der Waals surface area contributed by atoms with Crippen LogP contribution in [-0.4, -0.2) is 96.7 Å². The van der Waals surface area contributed by atoms with Crippen LogP contribution >= 0.6 is 15.6 Å². The Hall–Kier alpha value is -1.94. The highest BCUT2D eigenvalue weighted by atomic mass is 31.2. The molecule has 0 radical (unpaired) electrons. The van der Waals surface area contributed by atoms with Gasteiger partial charge < -0.3 is 33.8 Å². The van der Waals surface area contributed by atoms with E-state index in [4.69, 9.17) is 37.0 Å². The molecule has 19 heteroatoms. The predicted molar refractivity (Wildman–Crippen MR) is 381 cm³/mol. The minimum Gasteiger partial charge on any atom is -0.462 e. The van der Waals surface area contributed by atoms with Gasteiger partial charge in [0.1, 0.15) is 19.3 Å². The Morgan fingerprint density at radius 2 is 0.511 bits per heavy atom. The van der Waals surface area contributed by atoms with Crippen LogP contribution in [0.4, 0.5) is 0 Å². The van der Waals surface area contributed by atoms with Crippen LogP contribution in [0.5, 0.6) is 0 Å². The standard InChI is InChI=1S/C75H146O17P2/c1-9-67(7)53-45-37-27-23-19-17-15-13-11-12-14-16-18-20-25-29-41-49-57-74(79)91-70(61-85-72(77)55-47-39-33-31-35-43-51-65(3)4)63-89-93(81,82)87-59-69(76)60-88-94(83,84)90-64-71(62-86-73(78)56-48-40-34-32-36-44-52-66(5)6)92-75(80)58-50-42-30-26-22-21-24-28-38-46-54-68(8)10-2/h65-71,76H,9-64H2,1-8H3,(H,81,82)(H,83,84)/t67?,68?,69-,70-,71-/m1/s1. The summed E-state index contributed by atoms with van der Waals surface area (Å²) < 4.78 is 68.4. The van der Waals surface area contributed by atoms with E-state index in [0.29, 0.717) is 37.5 Å². The molecule has 7 atom stereocenters. The molecule has 0 saturated heterocycles. The van der Waals surface area contributed by atoms with Gasteiger partial charge in [-0.3, -0.25) is 37.3 Å². The van der Waals surface area contributed by atoms with Crippen molar-refractivity contribution in [2.45, 2.75) is 395 Å². The van der Waals surface area contributed by atoms with Gasteiger partial charge in [-0.15, -0.1) is 0 Å². The fraction of sp³-hybridized carbons (Fsp3) is 0.947. The second-order valence-electron chi connectivity index (χ2n) is 28.5. The number of aliphatic hydroxyl groups is 1. The average Bonchev–Trinajstić information content (AvgIpc) is 2.83. The van der Waals surface area contributed by atoms with Gasteiger partial charge in [0.25, 0.3) is 0 Å². The Morgan fingerprint density at radius 3 is 0.755 bits per heavy atom. The van der Waals surface area contributed by atoms with Crippen molar-refractivity contribution in [3.05, 3.63) is 0 Å². The molecule has 558 valence electrons. The first-order valence-electron chi connectivity index (χ1n) is 38.8. The van der Waals surface area contributed by atoms with E-state index in [1.165, 1.54) is 167 Å². The van der Waals surface area contributed by atoms with Gasteiger partial charge in [0.15, 0.2) is 12.2 Å². The van der Waals surface area contributed by atoms with Crippen LogP contribution < -0.4 is 0 Å². The van der Waals surface area contributed by atoms with Crippen molar-refractivity contribution in [3.8, 4) is 0 Å². The molecule has 0 aromatic carbocycles. The smallest absolute Gasteiger partial charge is 0.462 e. The Balaban J connectivity index is 5.14. The summed E-state index contributed by atoms with van der Waals surface area (Å²) in [7, 11) is -9.91. The summed E-state index contributed by atoms with van der Waals surface area (Å²) >= 11 is 0. The number of hydrogen-bond acceptors (Lipinski definition) is 15. The zero-order valence-corrected chi connectivity index (χ0v) is 63.4. The third kappa shape index (κ3) is 66.0. The van der Waals surface area contributed by atoms with Gasteiger partial charge in [-0.05, 0) is 49.4 Å². The highest BCUT2D eigenvalue weighted by Crippen LogP contribution is 2.45. The molecule has 17 nitrogen and oxygen atoms in total. The van der Waals surface area contributed by atoms with Crippen molar-refractivity contribution in [2.75, 3.05) is 39.6 Å². The summed E-state index contributed by atoms with van der Waals surface area (Å²) in [4.78, 5) is 72.6. The maximum Gasteiger partial charge on any atom is 0.472 e. The van der Waals surface area contributed by atoms with Crippen LogP contribution in [-0.2, 0) is 65.4 Å². The quantitative estimate of drug-likeness (QED) is 0.0222. The first kappa shape index (κ1) is 92.1. The number of esters is 4. The average molecular weight is 1380 g/mol. The highest BCUT2D eigenvalue weighted by Gasteiger charge is 2.30. The van der Waals surface area contributed by atoms with Crippen molar-refractivity contribution in [2.24, 2.45) is 23.7 Å². The number of phosphoric acid groups is 2. The molecule has 0 aliphatic rings. The molecule has 0 bridgehead atoms. The van der Waals surface area contributed by atoms with Gasteiger partial charge >= 0.3 is 39.5 Å². The molecule has 0 saturated carbocycles. The normalized spacial score (nSPS) is 14.7. The molecule has 0 aromatic rings. The molecule has 0 heterocycles. The number of ether oxygens (including phenoxy) is 4. The lowest BCUT2D eigenvalue weighted by Gasteiger charge is -2.21. The Labute approximate surface area is 575 Å². The number of carbonyl (C=O) groups is 4. The van der Waals surface area contributed by atoms with E-state index in [2.05, 4.69) is 55.4 Å². The van der Waals surface area contributed by atoms with Crippen LogP contribution in [0, 0.1) is 23.7 Å². The topological polar surface area (TPSA) is 237 Å². The number of unbranched alkanes of at least 4 members (excludes halogenated alkanes) is 36. The van der Waals surface area contributed by atoms with Crippen LogP contribution in [0.15, 0.2) is 0 Å². The Morgan fingerprint density at radius 1 is 0.298 bits per heavy atom. The zero-order chi connectivity index (χ0) is 69.6. The van der Waals surface area contributed by atoms with E-state index in [9.17, 15) is 43.2 Å². The van der Waals surface area contributed by atoms with Crippen LogP contribution in [0.25, 0.3) is 0 Å². The number of carbonyl (C=O) groups excluding carboxylic acids is 4. The number of aliphatic hydroxyl groups excluding tert-OH is 1. The summed E-state index contributed by atoms with van der Waals surface area (Å²) in [6.45, 7) is 14.1. The predicted octanol–water partition coefficient (Wildman–Crippen LogP) is 21.7. The van der Waals surface area contributed by atoms with Crippen molar-refractivity contribution in [1.82, 2.24) is 0 Å². The highest BCUT2D eigenvalue weighted by molar-refractivity contribution is 7.47. The minimum atomic E-state index is -4.95. The van der Waals surface area contributed by atoms with Crippen molar-refractivity contribution >= 4 is 39.5 Å². The van der Waals surface area contributed by atoms with Gasteiger partial charge in [0.05, 0.1) is 26.4 Å². The summed E-state index contributed by atoms with van der Waals surface area (Å²) in [5, 5.41) is 10.6. The first-order valence-corrected chi connectivity index (χ1v) is 41.8. The lowest BCUT2D eigenvalue weighted by Crippen LogP contribution is -2.30. The summed E-state index contributed by atoms with van der Waals surface area (Å²) in [5.41, 5.74) is 0. The van der Waals surface area contributed by atoms with E-state index in [1.54, 1.807) is 0 Å². The Bertz CT molecular complexity index is 1850. The van der Waals surface area contributed by atoms with Crippen LogP contribution in [0.3, 0.4) is 0 Å². The van der Waals surface area contributed by atoms with E-state index in [1.807, 2.05) is 0 Å². The molecular weight excluding hydrogens is 1230 g/mol. The molecule has 0 amide bonds. The summed E-state index contributed by atoms with van der Waals surface area (Å²) in [5.74, 6) is 0.905. The fourth-order valence-electron chi connectivity index (χ4n) is 11.3. The first-order chi connectivity index (χ1) is 45.2. The molecule has 0 aromatic heterocycles. The van der Waals surface area contributed by atoms with E-state index in [-0.39, 0.29) is 25.7 Å². The molecule has 0 aliphatic heterocycles. The van der Waals surface area contributed by atoms with Gasteiger partial charge in [-0.1, -0.05) is 325 Å². The van der Waals surface area contributed by atoms with Gasteiger partial charge in [0.2, 0.25) is 0 Å². The molecule has 94 heavy (non-hydrogen) atoms. The molecular formula is C75H146O17P2. The van der Waals surface area contributed by atoms with Gasteiger partial charge in [-0.2, -0.15) is 0 Å². The Kier molecular flexibility index (Phi) is 63.1. The molecule has 0 fully saturated rings. The molecule has 0 spiro atoms. The number of hydrogen-bond donors (Lipinski definition) is 3. The summed E-state index contributed by atoms with van der Waals surface area (Å²) in [6.07, 6.45) is 48.9. The SMILES string of the molecule is CCC(C)CCCCCCCCCCCCCCCCCCCCC(=O)O[C@H](COC(=O)CCCCCCCCC(C)C)COP(=O)(O)OC[C@@H](O)COP(=O)(O)OC[C@@H](COC(=O)CCCCCCCCC(C)C)OC(=O)CCCCCCCCCCCCC(C)CC. The monoisotopic (exact) mass is 1380 g/mol. The van der Waals surface area contributed by atoms with Gasteiger partial charge in [-0.25, -0.2) is 9.13 Å². The lowest BCUT2D eigenvalue weighted by atomic mass is 9.99. The van der Waals surface area contributed by atoms with E-state index >= 15 is 0 Å². The second-order valence-corrected chi connectivity index (χ2v) is 31.4. The van der Waals surface area contributed by atoms with Crippen LogP contribution in [0.1, 0.15) is 376 Å². The third-order valence-corrected chi connectivity index (χ3v) is 19.9. The second kappa shape index (κ2) is 64.4. The number of rotatable bonds is 72. The summed E-state index contributed by atoms with van der Waals surface area (Å²) in [6, 6.07) is 0. The van der Waals surface area contributed by atoms with E-state index in [0.717, 1.165) is 115 Å². The number of phosphoric ester groups is 2. The maximum atomic E-state index is 13.0. The lowest BCUT2D eigenvalue weighted by molar-refractivity contribution is -0.161. The van der Waals surface area contributed by atoms with Gasteiger partial charge in [0, 0.05) is 25.7 Å². The molecule has 3 N–H and O–H groups in total. The van der Waals surface area contributed by atoms with Crippen molar-refractivity contribution in [3.63, 3.8) is 0 Å².